The molecule has 2 saturated carbocycles. The zero-order chi connectivity index (χ0) is 15.1. The number of nitrogens with one attached hydrogen (secondary N) is 2. The second-order valence-electron chi connectivity index (χ2n) is 6.48. The highest BCUT2D eigenvalue weighted by atomic mass is 16.4. The van der Waals surface area contributed by atoms with Crippen LogP contribution < -0.4 is 5.32 Å². The van der Waals surface area contributed by atoms with Crippen LogP contribution in [0.1, 0.15) is 57.8 Å². The monoisotopic (exact) mass is 290 g/mol. The minimum Gasteiger partial charge on any atom is -0.477 e. The van der Waals surface area contributed by atoms with Crippen LogP contribution in [0.2, 0.25) is 0 Å². The molecule has 0 aromatic carbocycles. The molecule has 1 heterocycles. The Labute approximate surface area is 124 Å². The number of carbonyl (C=O) groups excluding carboxylic acids is 1. The molecule has 114 valence electrons. The summed E-state index contributed by atoms with van der Waals surface area (Å²) in [6.07, 6.45) is 5.18. The third-order valence-corrected chi connectivity index (χ3v) is 4.83. The van der Waals surface area contributed by atoms with Crippen molar-refractivity contribution < 1.29 is 14.7 Å². The first-order valence-corrected chi connectivity index (χ1v) is 7.69. The predicted molar refractivity (Wildman–Crippen MR) is 78.5 cm³/mol. The van der Waals surface area contributed by atoms with E-state index in [1.54, 1.807) is 13.8 Å². The number of aromatic amines is 1. The number of carboxylic acids is 1. The highest BCUT2D eigenvalue weighted by Crippen LogP contribution is 2.48. The van der Waals surface area contributed by atoms with Gasteiger partial charge in [0.15, 0.2) is 0 Å². The summed E-state index contributed by atoms with van der Waals surface area (Å²) in [6.45, 7) is 4.15. The first kappa shape index (κ1) is 14.2. The van der Waals surface area contributed by atoms with Crippen LogP contribution in [0, 0.1) is 31.6 Å². The number of hydrogen-bond acceptors (Lipinski definition) is 2. The van der Waals surface area contributed by atoms with E-state index in [0.29, 0.717) is 22.7 Å². The van der Waals surface area contributed by atoms with Crippen molar-refractivity contribution in [1.82, 2.24) is 10.3 Å². The fraction of sp³-hybridized carbons (Fsp3) is 0.625. The van der Waals surface area contributed by atoms with Crippen LogP contribution in [0.5, 0.6) is 0 Å². The Morgan fingerprint density at radius 1 is 1.24 bits per heavy atom. The molecule has 1 amide bonds. The summed E-state index contributed by atoms with van der Waals surface area (Å²) in [6, 6.07) is 0. The number of aromatic carboxylic acids is 1. The zero-order valence-corrected chi connectivity index (χ0v) is 12.5. The zero-order valence-electron chi connectivity index (χ0n) is 12.5. The van der Waals surface area contributed by atoms with Crippen molar-refractivity contribution in [1.29, 1.82) is 0 Å². The largest absolute Gasteiger partial charge is 0.477 e. The average Bonchev–Trinajstić information content (AvgIpc) is 3.29. The maximum absolute atomic E-state index is 12.4. The summed E-state index contributed by atoms with van der Waals surface area (Å²) >= 11 is 0. The van der Waals surface area contributed by atoms with Crippen LogP contribution >= 0.6 is 0 Å². The van der Waals surface area contributed by atoms with Crippen LogP contribution in [0.25, 0.3) is 0 Å². The quantitative estimate of drug-likeness (QED) is 0.752. The second-order valence-corrected chi connectivity index (χ2v) is 6.48. The Hall–Kier alpha value is -1.78. The smallest absolute Gasteiger partial charge is 0.352 e. The molecule has 0 saturated heterocycles. The van der Waals surface area contributed by atoms with Crippen LogP contribution in [-0.4, -0.2) is 28.5 Å². The number of carbonyl (C=O) groups is 2. The average molecular weight is 290 g/mol. The number of aromatic nitrogens is 1. The Balaban J connectivity index is 1.69. The van der Waals surface area contributed by atoms with E-state index < -0.39 is 5.97 Å². The second kappa shape index (κ2) is 5.20. The molecule has 3 N–H and O–H groups in total. The lowest BCUT2D eigenvalue weighted by molar-refractivity contribution is 0.0690. The van der Waals surface area contributed by atoms with Gasteiger partial charge < -0.3 is 15.4 Å². The van der Waals surface area contributed by atoms with Crippen molar-refractivity contribution >= 4 is 11.9 Å². The molecule has 3 rings (SSSR count). The van der Waals surface area contributed by atoms with Gasteiger partial charge in [0.1, 0.15) is 5.69 Å². The topological polar surface area (TPSA) is 82.2 Å². The van der Waals surface area contributed by atoms with Crippen molar-refractivity contribution in [2.24, 2.45) is 17.8 Å². The lowest BCUT2D eigenvalue weighted by Crippen LogP contribution is -2.31. The van der Waals surface area contributed by atoms with E-state index in [0.717, 1.165) is 18.4 Å². The summed E-state index contributed by atoms with van der Waals surface area (Å²) in [7, 11) is 0. The normalized spacial score (nSPS) is 18.0. The molecule has 2 aliphatic carbocycles. The van der Waals surface area contributed by atoms with E-state index in [2.05, 4.69) is 10.3 Å². The highest BCUT2D eigenvalue weighted by molar-refractivity contribution is 6.00. The lowest BCUT2D eigenvalue weighted by Gasteiger charge is -2.16. The summed E-state index contributed by atoms with van der Waals surface area (Å²) in [5.41, 5.74) is 1.74. The van der Waals surface area contributed by atoms with E-state index in [-0.39, 0.29) is 11.6 Å². The van der Waals surface area contributed by atoms with E-state index in [1.807, 2.05) is 0 Å². The van der Waals surface area contributed by atoms with Crippen LogP contribution in [0.15, 0.2) is 0 Å². The van der Waals surface area contributed by atoms with Crippen molar-refractivity contribution in [2.45, 2.75) is 39.5 Å². The van der Waals surface area contributed by atoms with Gasteiger partial charge in [-0.05, 0) is 62.8 Å². The predicted octanol–water partition coefficient (Wildman–Crippen LogP) is 2.50. The Morgan fingerprint density at radius 3 is 2.24 bits per heavy atom. The third-order valence-electron chi connectivity index (χ3n) is 4.83. The number of H-pyrrole nitrogens is 1. The summed E-state index contributed by atoms with van der Waals surface area (Å²) in [5.74, 6) is 1.03. The standard InChI is InChI=1S/C16H22N2O3/c1-8-13(9(2)18-14(8)16(20)21)15(19)17-7-12(10-3-4-10)11-5-6-11/h10-12,18H,3-7H2,1-2H3,(H,17,19)(H,20,21). The van der Waals surface area contributed by atoms with E-state index >= 15 is 0 Å². The number of hydrogen-bond donors (Lipinski definition) is 3. The minimum atomic E-state index is -1.02. The first-order chi connectivity index (χ1) is 9.99. The van der Waals surface area contributed by atoms with E-state index in [1.165, 1.54) is 25.7 Å². The summed E-state index contributed by atoms with van der Waals surface area (Å²) < 4.78 is 0. The Morgan fingerprint density at radius 2 is 1.81 bits per heavy atom. The van der Waals surface area contributed by atoms with Gasteiger partial charge in [0, 0.05) is 12.2 Å². The molecule has 5 heteroatoms. The van der Waals surface area contributed by atoms with Crippen molar-refractivity contribution in [3.05, 3.63) is 22.5 Å². The highest BCUT2D eigenvalue weighted by Gasteiger charge is 2.41. The maximum Gasteiger partial charge on any atom is 0.352 e. The molecule has 1 aromatic rings. The first-order valence-electron chi connectivity index (χ1n) is 7.69. The Kier molecular flexibility index (Phi) is 3.51. The maximum atomic E-state index is 12.4. The SMILES string of the molecule is Cc1[nH]c(C(=O)O)c(C)c1C(=O)NCC(C1CC1)C1CC1. The Bertz CT molecular complexity index is 571. The van der Waals surface area contributed by atoms with Crippen molar-refractivity contribution in [3.63, 3.8) is 0 Å². The molecule has 2 fully saturated rings. The fourth-order valence-corrected chi connectivity index (χ4v) is 3.37. The molecule has 0 aliphatic heterocycles. The molecular weight excluding hydrogens is 268 g/mol. The van der Waals surface area contributed by atoms with Gasteiger partial charge in [-0.15, -0.1) is 0 Å². The van der Waals surface area contributed by atoms with E-state index in [4.69, 9.17) is 5.11 Å². The van der Waals surface area contributed by atoms with E-state index in [9.17, 15) is 9.59 Å². The minimum absolute atomic E-state index is 0.110. The molecule has 5 nitrogen and oxygen atoms in total. The number of amides is 1. The third kappa shape index (κ3) is 2.82. The number of carboxylic acid groups (broad SMARTS) is 1. The van der Waals surface area contributed by atoms with Crippen LogP contribution in [0.4, 0.5) is 0 Å². The lowest BCUT2D eigenvalue weighted by atomic mass is 9.97. The molecule has 0 bridgehead atoms. The van der Waals surface area contributed by atoms with Gasteiger partial charge in [0.05, 0.1) is 5.56 Å². The molecule has 21 heavy (non-hydrogen) atoms. The van der Waals surface area contributed by atoms with Crippen molar-refractivity contribution in [2.75, 3.05) is 6.54 Å². The molecule has 2 aliphatic rings. The molecule has 0 spiro atoms. The van der Waals surface area contributed by atoms with Gasteiger partial charge in [0.25, 0.3) is 5.91 Å². The van der Waals surface area contributed by atoms with Gasteiger partial charge >= 0.3 is 5.97 Å². The van der Waals surface area contributed by atoms with Gasteiger partial charge in [-0.3, -0.25) is 4.79 Å². The number of rotatable bonds is 6. The molecule has 0 atom stereocenters. The molecule has 1 aromatic heterocycles. The van der Waals surface area contributed by atoms with Gasteiger partial charge in [-0.1, -0.05) is 0 Å². The number of aryl methyl sites for hydroxylation is 1. The molecular formula is C16H22N2O3. The van der Waals surface area contributed by atoms with Crippen LogP contribution in [-0.2, 0) is 0 Å². The van der Waals surface area contributed by atoms with Gasteiger partial charge in [-0.25, -0.2) is 4.79 Å². The van der Waals surface area contributed by atoms with Gasteiger partial charge in [-0.2, -0.15) is 0 Å². The van der Waals surface area contributed by atoms with Crippen LogP contribution in [0.3, 0.4) is 0 Å². The fourth-order valence-electron chi connectivity index (χ4n) is 3.37. The van der Waals surface area contributed by atoms with Crippen molar-refractivity contribution in [3.8, 4) is 0 Å². The summed E-state index contributed by atoms with van der Waals surface area (Å²) in [4.78, 5) is 26.3. The molecule has 0 radical (unpaired) electrons. The van der Waals surface area contributed by atoms with Gasteiger partial charge in [0.2, 0.25) is 0 Å². The summed E-state index contributed by atoms with van der Waals surface area (Å²) in [5, 5.41) is 12.1. The molecule has 0 unspecified atom stereocenters.